The van der Waals surface area contributed by atoms with Crippen molar-refractivity contribution < 1.29 is 4.92 Å². The van der Waals surface area contributed by atoms with Crippen LogP contribution in [0.1, 0.15) is 11.6 Å². The van der Waals surface area contributed by atoms with Gasteiger partial charge in [-0.05, 0) is 0 Å². The molecule has 0 saturated carbocycles. The first-order valence-corrected chi connectivity index (χ1v) is 7.90. The van der Waals surface area contributed by atoms with Crippen LogP contribution in [-0.2, 0) is 7.59 Å². The molecule has 0 unspecified atom stereocenters. The van der Waals surface area contributed by atoms with Gasteiger partial charge in [0, 0.05) is 17.7 Å². The van der Waals surface area contributed by atoms with Gasteiger partial charge >= 0.3 is 0 Å². The molecule has 0 aliphatic heterocycles. The summed E-state index contributed by atoms with van der Waals surface area (Å²) >= 11 is 34.6. The molecule has 23 heavy (non-hydrogen) atoms. The van der Waals surface area contributed by atoms with Crippen LogP contribution in [0.25, 0.3) is 11.4 Å². The summed E-state index contributed by atoms with van der Waals surface area (Å²) in [7, 11) is 0. The third-order valence-corrected chi connectivity index (χ3v) is 3.47. The normalized spacial score (nSPS) is 12.3. The largest absolute Gasteiger partial charge is 0.270 e. The van der Waals surface area contributed by atoms with E-state index < -0.39 is 12.5 Å². The molecule has 0 radical (unpaired) electrons. The number of hydrogen-bond acceptors (Lipinski definition) is 5. The fraction of sp³-hybridized carbons (Fsp3) is 0.182. The van der Waals surface area contributed by atoms with Gasteiger partial charge in [0.15, 0.2) is 17.5 Å². The van der Waals surface area contributed by atoms with Gasteiger partial charge in [-0.15, -0.1) is 0 Å². The van der Waals surface area contributed by atoms with E-state index in [1.807, 2.05) is 0 Å². The minimum atomic E-state index is -2.00. The Morgan fingerprint density at radius 3 is 1.87 bits per heavy atom. The first kappa shape index (κ1) is 18.7. The molecular weight excluding hydrogens is 433 g/mol. The first-order chi connectivity index (χ1) is 10.5. The number of hydrogen-bond donors (Lipinski definition) is 0. The van der Waals surface area contributed by atoms with E-state index in [-0.39, 0.29) is 28.7 Å². The highest BCUT2D eigenvalue weighted by Gasteiger charge is 2.34. The van der Waals surface area contributed by atoms with Crippen LogP contribution in [-0.4, -0.2) is 19.9 Å². The summed E-state index contributed by atoms with van der Waals surface area (Å²) in [5.74, 6) is -0.591. The fourth-order valence-electron chi connectivity index (χ4n) is 1.52. The Hall–Kier alpha value is -0.630. The molecule has 0 amide bonds. The van der Waals surface area contributed by atoms with Crippen LogP contribution in [0.2, 0.25) is 0 Å². The van der Waals surface area contributed by atoms with Crippen molar-refractivity contribution in [3.63, 3.8) is 0 Å². The standard InChI is InChI=1S/C11H4Cl6N4O2/c12-10(13,14)8-18-7(19-9(20-8)11(15,16)17)5-2-1-3-6(4-5)21(22)23/h1-4H. The van der Waals surface area contributed by atoms with Gasteiger partial charge in [0.05, 0.1) is 4.92 Å². The van der Waals surface area contributed by atoms with Gasteiger partial charge in [0.1, 0.15) is 0 Å². The molecule has 2 rings (SSSR count). The zero-order valence-corrected chi connectivity index (χ0v) is 15.2. The predicted molar refractivity (Wildman–Crippen MR) is 90.4 cm³/mol. The Morgan fingerprint density at radius 2 is 1.43 bits per heavy atom. The Kier molecular flexibility index (Phi) is 5.45. The second-order valence-corrected chi connectivity index (χ2v) is 8.67. The minimum absolute atomic E-state index is 0.0358. The van der Waals surface area contributed by atoms with E-state index in [1.165, 1.54) is 24.3 Å². The van der Waals surface area contributed by atoms with Crippen molar-refractivity contribution >= 4 is 75.3 Å². The Bertz CT molecular complexity index is 727. The predicted octanol–water partition coefficient (Wildman–Crippen LogP) is 5.10. The minimum Gasteiger partial charge on any atom is -0.258 e. The summed E-state index contributed by atoms with van der Waals surface area (Å²) in [6.45, 7) is 0. The Morgan fingerprint density at radius 1 is 0.913 bits per heavy atom. The number of rotatable bonds is 2. The molecule has 0 aliphatic rings. The smallest absolute Gasteiger partial charge is 0.258 e. The highest BCUT2D eigenvalue weighted by Crippen LogP contribution is 2.40. The molecule has 2 aromatic rings. The molecule has 1 aromatic carbocycles. The van der Waals surface area contributed by atoms with Crippen molar-refractivity contribution in [1.29, 1.82) is 0 Å². The van der Waals surface area contributed by atoms with E-state index in [0.29, 0.717) is 0 Å². The fourth-order valence-corrected chi connectivity index (χ4v) is 2.02. The van der Waals surface area contributed by atoms with E-state index >= 15 is 0 Å². The van der Waals surface area contributed by atoms with Crippen LogP contribution in [0.4, 0.5) is 5.69 Å². The molecule has 0 N–H and O–H groups in total. The summed E-state index contributed by atoms with van der Waals surface area (Å²) in [5, 5.41) is 10.9. The molecule has 0 atom stereocenters. The van der Waals surface area contributed by atoms with E-state index in [0.717, 1.165) is 0 Å². The number of halogens is 6. The van der Waals surface area contributed by atoms with Crippen molar-refractivity contribution in [2.24, 2.45) is 0 Å². The number of alkyl halides is 6. The second kappa shape index (κ2) is 6.70. The summed E-state index contributed by atoms with van der Waals surface area (Å²) in [6, 6.07) is 5.50. The molecular formula is C11H4Cl6N4O2. The lowest BCUT2D eigenvalue weighted by Crippen LogP contribution is -2.16. The SMILES string of the molecule is O=[N+]([O-])c1cccc(-c2nc(C(Cl)(Cl)Cl)nc(C(Cl)(Cl)Cl)n2)c1. The maximum Gasteiger partial charge on any atom is 0.270 e. The van der Waals surface area contributed by atoms with E-state index in [1.54, 1.807) is 0 Å². The van der Waals surface area contributed by atoms with Gasteiger partial charge < -0.3 is 0 Å². The molecule has 122 valence electrons. The van der Waals surface area contributed by atoms with E-state index in [2.05, 4.69) is 15.0 Å². The van der Waals surface area contributed by atoms with Gasteiger partial charge in [-0.25, -0.2) is 15.0 Å². The van der Waals surface area contributed by atoms with Crippen LogP contribution >= 0.6 is 69.6 Å². The maximum atomic E-state index is 10.9. The van der Waals surface area contributed by atoms with Gasteiger partial charge in [-0.1, -0.05) is 81.7 Å². The monoisotopic (exact) mass is 434 g/mol. The average Bonchev–Trinajstić information content (AvgIpc) is 2.45. The first-order valence-electron chi connectivity index (χ1n) is 5.64. The molecule has 0 spiro atoms. The summed E-state index contributed by atoms with van der Waals surface area (Å²) in [4.78, 5) is 22.0. The zero-order valence-electron chi connectivity index (χ0n) is 10.7. The maximum absolute atomic E-state index is 10.9. The Balaban J connectivity index is 2.67. The molecule has 1 aromatic heterocycles. The van der Waals surface area contributed by atoms with Crippen LogP contribution in [0.5, 0.6) is 0 Å². The lowest BCUT2D eigenvalue weighted by atomic mass is 10.2. The van der Waals surface area contributed by atoms with Gasteiger partial charge in [0.25, 0.3) is 5.69 Å². The molecule has 0 bridgehead atoms. The molecule has 0 aliphatic carbocycles. The number of benzene rings is 1. The van der Waals surface area contributed by atoms with Crippen LogP contribution < -0.4 is 0 Å². The highest BCUT2D eigenvalue weighted by atomic mass is 35.6. The lowest BCUT2D eigenvalue weighted by Gasteiger charge is -2.15. The summed E-state index contributed by atoms with van der Waals surface area (Å²) in [6.07, 6.45) is 0. The Labute approximate surface area is 159 Å². The summed E-state index contributed by atoms with van der Waals surface area (Å²) < 4.78 is -3.99. The van der Waals surface area contributed by atoms with Gasteiger partial charge in [-0.3, -0.25) is 10.1 Å². The number of nitrogens with zero attached hydrogens (tertiary/aromatic N) is 4. The highest BCUT2D eigenvalue weighted by molar-refractivity contribution is 6.67. The second-order valence-electron chi connectivity index (χ2n) is 4.11. The molecule has 0 saturated heterocycles. The lowest BCUT2D eigenvalue weighted by molar-refractivity contribution is -0.384. The van der Waals surface area contributed by atoms with Gasteiger partial charge in [-0.2, -0.15) is 0 Å². The van der Waals surface area contributed by atoms with Crippen molar-refractivity contribution in [1.82, 2.24) is 15.0 Å². The molecule has 12 heteroatoms. The molecule has 0 fully saturated rings. The van der Waals surface area contributed by atoms with E-state index in [9.17, 15) is 10.1 Å². The number of non-ortho nitro benzene ring substituents is 1. The van der Waals surface area contributed by atoms with Crippen molar-refractivity contribution in [3.8, 4) is 11.4 Å². The van der Waals surface area contributed by atoms with Crippen LogP contribution in [0, 0.1) is 10.1 Å². The molecule has 6 nitrogen and oxygen atoms in total. The zero-order chi connectivity index (χ0) is 17.4. The van der Waals surface area contributed by atoms with Crippen LogP contribution in [0.15, 0.2) is 24.3 Å². The van der Waals surface area contributed by atoms with Crippen molar-refractivity contribution in [2.45, 2.75) is 7.59 Å². The van der Waals surface area contributed by atoms with E-state index in [4.69, 9.17) is 69.6 Å². The third kappa shape index (κ3) is 4.68. The van der Waals surface area contributed by atoms with Crippen molar-refractivity contribution in [2.75, 3.05) is 0 Å². The van der Waals surface area contributed by atoms with Crippen LogP contribution in [0.3, 0.4) is 0 Å². The topological polar surface area (TPSA) is 81.8 Å². The van der Waals surface area contributed by atoms with Gasteiger partial charge in [0.2, 0.25) is 7.59 Å². The quantitative estimate of drug-likeness (QED) is 0.371. The number of aromatic nitrogens is 3. The number of nitro benzene ring substituents is 1. The third-order valence-electron chi connectivity index (χ3n) is 2.46. The number of nitro groups is 1. The summed E-state index contributed by atoms with van der Waals surface area (Å²) in [5.41, 5.74) is 0.0985. The average molecular weight is 437 g/mol. The molecule has 1 heterocycles. The van der Waals surface area contributed by atoms with Crippen molar-refractivity contribution in [3.05, 3.63) is 46.0 Å².